The molecule has 0 bridgehead atoms. The summed E-state index contributed by atoms with van der Waals surface area (Å²) in [6.45, 7) is 1.85. The van der Waals surface area contributed by atoms with Gasteiger partial charge in [0.15, 0.2) is 0 Å². The van der Waals surface area contributed by atoms with E-state index in [0.29, 0.717) is 33.0 Å². The van der Waals surface area contributed by atoms with Crippen LogP contribution in [0.25, 0.3) is 0 Å². The van der Waals surface area contributed by atoms with Crippen LogP contribution in [-0.2, 0) is 0 Å². The quantitative estimate of drug-likeness (QED) is 0.497. The summed E-state index contributed by atoms with van der Waals surface area (Å²) in [5, 5.41) is 19.2. The number of ether oxygens (including phenoxy) is 2. The Balaban J connectivity index is 1.88. The molecule has 0 unspecified atom stereocenters. The first-order valence-corrected chi connectivity index (χ1v) is 8.62. The smallest absolute Gasteiger partial charge is 0.146 e. The van der Waals surface area contributed by atoms with Crippen LogP contribution in [-0.4, -0.2) is 0 Å². The fourth-order valence-electron chi connectivity index (χ4n) is 2.44. The highest BCUT2D eigenvalue weighted by molar-refractivity contribution is 6.32. The molecule has 0 atom stereocenters. The Labute approximate surface area is 166 Å². The topological polar surface area (TPSA) is 66.0 Å². The zero-order chi connectivity index (χ0) is 19.4. The van der Waals surface area contributed by atoms with Gasteiger partial charge in [-0.2, -0.15) is 10.5 Å². The van der Waals surface area contributed by atoms with Gasteiger partial charge in [0, 0.05) is 0 Å². The van der Waals surface area contributed by atoms with Gasteiger partial charge in [-0.1, -0.05) is 35.3 Å². The van der Waals surface area contributed by atoms with E-state index in [1.807, 2.05) is 19.1 Å². The number of nitriles is 2. The van der Waals surface area contributed by atoms with E-state index in [0.717, 1.165) is 5.56 Å². The Hall–Kier alpha value is -3.18. The Morgan fingerprint density at radius 3 is 1.81 bits per heavy atom. The molecule has 0 aromatic heterocycles. The summed E-state index contributed by atoms with van der Waals surface area (Å²) in [5.41, 5.74) is 1.34. The molecule has 3 rings (SSSR count). The molecule has 0 heterocycles. The van der Waals surface area contributed by atoms with Gasteiger partial charge in [-0.05, 0) is 55.0 Å². The van der Waals surface area contributed by atoms with Crippen molar-refractivity contribution >= 4 is 23.2 Å². The molecule has 0 saturated heterocycles. The standard InChI is InChI=1S/C21H12Cl2N2O2/c1-13-10-14(26-20-6-2-4-17(22)15(20)11-24)8-9-19(13)27-21-7-3-5-18(23)16(21)12-25/h2-10H,1H3. The first-order valence-electron chi connectivity index (χ1n) is 7.87. The summed E-state index contributed by atoms with van der Waals surface area (Å²) >= 11 is 12.1. The molecule has 132 valence electrons. The van der Waals surface area contributed by atoms with Crippen molar-refractivity contribution in [3.8, 4) is 35.1 Å². The highest BCUT2D eigenvalue weighted by Crippen LogP contribution is 2.35. The number of hydrogen-bond donors (Lipinski definition) is 0. The lowest BCUT2D eigenvalue weighted by atomic mass is 10.2. The largest absolute Gasteiger partial charge is 0.456 e. The predicted octanol–water partition coefficient (Wildman–Crippen LogP) is 6.63. The van der Waals surface area contributed by atoms with Crippen LogP contribution in [0.15, 0.2) is 54.6 Å². The highest BCUT2D eigenvalue weighted by Gasteiger charge is 2.12. The van der Waals surface area contributed by atoms with Gasteiger partial charge in [-0.15, -0.1) is 0 Å². The molecule has 0 radical (unpaired) electrons. The van der Waals surface area contributed by atoms with Gasteiger partial charge in [0.05, 0.1) is 10.0 Å². The third-order valence-electron chi connectivity index (χ3n) is 3.77. The molecule has 0 saturated carbocycles. The SMILES string of the molecule is Cc1cc(Oc2cccc(Cl)c2C#N)ccc1Oc1cccc(Cl)c1C#N. The maximum atomic E-state index is 9.25. The molecule has 0 amide bonds. The molecule has 6 heteroatoms. The molecule has 0 aliphatic heterocycles. The fraction of sp³-hybridized carbons (Fsp3) is 0.0476. The van der Waals surface area contributed by atoms with Crippen LogP contribution in [0, 0.1) is 29.6 Å². The monoisotopic (exact) mass is 394 g/mol. The van der Waals surface area contributed by atoms with Gasteiger partial charge in [0.2, 0.25) is 0 Å². The molecule has 0 spiro atoms. The summed E-state index contributed by atoms with van der Waals surface area (Å²) in [6.07, 6.45) is 0. The van der Waals surface area contributed by atoms with E-state index in [9.17, 15) is 10.5 Å². The first kappa shape index (κ1) is 18.6. The lowest BCUT2D eigenvalue weighted by molar-refractivity contribution is 0.464. The minimum atomic E-state index is 0.273. The number of rotatable bonds is 4. The predicted molar refractivity (Wildman–Crippen MR) is 104 cm³/mol. The number of aryl methyl sites for hydroxylation is 1. The van der Waals surface area contributed by atoms with Crippen LogP contribution in [0.5, 0.6) is 23.0 Å². The molecule has 0 fully saturated rings. The van der Waals surface area contributed by atoms with Crippen molar-refractivity contribution in [3.63, 3.8) is 0 Å². The van der Waals surface area contributed by atoms with Crippen LogP contribution in [0.4, 0.5) is 0 Å². The van der Waals surface area contributed by atoms with E-state index in [1.54, 1.807) is 54.6 Å². The van der Waals surface area contributed by atoms with E-state index >= 15 is 0 Å². The van der Waals surface area contributed by atoms with E-state index in [-0.39, 0.29) is 11.1 Å². The average molecular weight is 395 g/mol. The Morgan fingerprint density at radius 1 is 0.741 bits per heavy atom. The summed E-state index contributed by atoms with van der Waals surface area (Å²) in [4.78, 5) is 0. The van der Waals surface area contributed by atoms with E-state index in [4.69, 9.17) is 32.7 Å². The normalized spacial score (nSPS) is 9.96. The highest BCUT2D eigenvalue weighted by atomic mass is 35.5. The Bertz CT molecular complexity index is 1100. The van der Waals surface area contributed by atoms with E-state index in [1.165, 1.54) is 0 Å². The molecule has 0 N–H and O–H groups in total. The van der Waals surface area contributed by atoms with Crippen molar-refractivity contribution in [1.29, 1.82) is 10.5 Å². The van der Waals surface area contributed by atoms with Crippen molar-refractivity contribution in [2.75, 3.05) is 0 Å². The van der Waals surface area contributed by atoms with E-state index < -0.39 is 0 Å². The van der Waals surface area contributed by atoms with Gasteiger partial charge in [-0.3, -0.25) is 0 Å². The third kappa shape index (κ3) is 3.99. The number of benzene rings is 3. The van der Waals surface area contributed by atoms with Gasteiger partial charge >= 0.3 is 0 Å². The molecular weight excluding hydrogens is 383 g/mol. The maximum absolute atomic E-state index is 9.25. The molecule has 0 aliphatic carbocycles. The summed E-state index contributed by atoms with van der Waals surface area (Å²) in [7, 11) is 0. The van der Waals surface area contributed by atoms with Gasteiger partial charge in [0.25, 0.3) is 0 Å². The lowest BCUT2D eigenvalue weighted by Crippen LogP contribution is -1.93. The first-order chi connectivity index (χ1) is 13.0. The average Bonchev–Trinajstić information content (AvgIpc) is 2.64. The van der Waals surface area contributed by atoms with Gasteiger partial charge in [0.1, 0.15) is 46.3 Å². The second kappa shape index (κ2) is 8.01. The molecule has 27 heavy (non-hydrogen) atoms. The zero-order valence-electron chi connectivity index (χ0n) is 14.2. The van der Waals surface area contributed by atoms with Crippen LogP contribution >= 0.6 is 23.2 Å². The van der Waals surface area contributed by atoms with Crippen LogP contribution < -0.4 is 9.47 Å². The second-order valence-electron chi connectivity index (χ2n) is 5.58. The Kier molecular flexibility index (Phi) is 5.52. The third-order valence-corrected chi connectivity index (χ3v) is 4.40. The van der Waals surface area contributed by atoms with Crippen LogP contribution in [0.3, 0.4) is 0 Å². The van der Waals surface area contributed by atoms with Crippen molar-refractivity contribution in [2.24, 2.45) is 0 Å². The molecule has 4 nitrogen and oxygen atoms in total. The van der Waals surface area contributed by atoms with E-state index in [2.05, 4.69) is 0 Å². The summed E-state index contributed by atoms with van der Waals surface area (Å²) in [5.74, 6) is 1.85. The maximum Gasteiger partial charge on any atom is 0.146 e. The van der Waals surface area contributed by atoms with Crippen molar-refractivity contribution < 1.29 is 9.47 Å². The Morgan fingerprint density at radius 2 is 1.30 bits per heavy atom. The zero-order valence-corrected chi connectivity index (χ0v) is 15.7. The summed E-state index contributed by atoms with van der Waals surface area (Å²) < 4.78 is 11.6. The number of halogens is 2. The van der Waals surface area contributed by atoms with Crippen LogP contribution in [0.1, 0.15) is 16.7 Å². The van der Waals surface area contributed by atoms with Crippen molar-refractivity contribution in [2.45, 2.75) is 6.92 Å². The van der Waals surface area contributed by atoms with Crippen LogP contribution in [0.2, 0.25) is 10.0 Å². The fourth-order valence-corrected chi connectivity index (χ4v) is 2.86. The summed E-state index contributed by atoms with van der Waals surface area (Å²) in [6, 6.07) is 19.3. The lowest BCUT2D eigenvalue weighted by Gasteiger charge is -2.13. The van der Waals surface area contributed by atoms with Gasteiger partial charge < -0.3 is 9.47 Å². The minimum absolute atomic E-state index is 0.273. The molecule has 3 aromatic carbocycles. The van der Waals surface area contributed by atoms with Crippen molar-refractivity contribution in [3.05, 3.63) is 81.3 Å². The van der Waals surface area contributed by atoms with Crippen molar-refractivity contribution in [1.82, 2.24) is 0 Å². The second-order valence-corrected chi connectivity index (χ2v) is 6.40. The molecular formula is C21H12Cl2N2O2. The number of hydrogen-bond acceptors (Lipinski definition) is 4. The number of nitrogens with zero attached hydrogens (tertiary/aromatic N) is 2. The molecule has 0 aliphatic rings. The minimum Gasteiger partial charge on any atom is -0.456 e. The van der Waals surface area contributed by atoms with Gasteiger partial charge in [-0.25, -0.2) is 0 Å². The molecule has 3 aromatic rings.